The molecule has 0 atom stereocenters. The van der Waals surface area contributed by atoms with Crippen molar-refractivity contribution in [1.29, 1.82) is 0 Å². The Morgan fingerprint density at radius 2 is 1.59 bits per heavy atom. The van der Waals surface area contributed by atoms with Gasteiger partial charge in [0.15, 0.2) is 11.5 Å². The number of esters is 1. The van der Waals surface area contributed by atoms with Gasteiger partial charge in [-0.1, -0.05) is 41.4 Å². The number of benzene rings is 1. The molecule has 0 bridgehead atoms. The van der Waals surface area contributed by atoms with Crippen molar-refractivity contribution < 1.29 is 26.4 Å². The van der Waals surface area contributed by atoms with Gasteiger partial charge in [-0.2, -0.15) is 0 Å². The molecule has 1 N–H and O–H groups in total. The van der Waals surface area contributed by atoms with E-state index in [2.05, 4.69) is 14.7 Å². The monoisotopic (exact) mass is 696 g/mol. The van der Waals surface area contributed by atoms with Gasteiger partial charge in [-0.15, -0.1) is 0 Å². The highest BCUT2D eigenvalue weighted by Crippen LogP contribution is 2.32. The van der Waals surface area contributed by atoms with Crippen molar-refractivity contribution in [2.75, 3.05) is 24.3 Å². The zero-order chi connectivity index (χ0) is 27.5. The van der Waals surface area contributed by atoms with E-state index >= 15 is 0 Å². The Labute approximate surface area is 237 Å². The molecule has 3 heterocycles. The predicted molar refractivity (Wildman–Crippen MR) is 152 cm³/mol. The van der Waals surface area contributed by atoms with E-state index < -0.39 is 26.0 Å². The van der Waals surface area contributed by atoms with Gasteiger partial charge in [-0.3, -0.25) is 4.72 Å². The van der Waals surface area contributed by atoms with Crippen molar-refractivity contribution in [1.82, 2.24) is 13.9 Å². The van der Waals surface area contributed by atoms with Gasteiger partial charge < -0.3 is 4.74 Å². The van der Waals surface area contributed by atoms with Crippen LogP contribution in [0.3, 0.4) is 0 Å². The summed E-state index contributed by atoms with van der Waals surface area (Å²) < 4.78 is 55.2. The smallest absolute Gasteiger partial charge is 0.338 e. The van der Waals surface area contributed by atoms with E-state index in [0.717, 1.165) is 16.5 Å². The lowest BCUT2D eigenvalue weighted by molar-refractivity contribution is 0.0601. The summed E-state index contributed by atoms with van der Waals surface area (Å²) in [4.78, 5) is 20.0. The maximum Gasteiger partial charge on any atom is 0.338 e. The first-order valence-corrected chi connectivity index (χ1v) is 15.6. The number of ether oxygens (including phenoxy) is 1. The van der Waals surface area contributed by atoms with Gasteiger partial charge in [0.1, 0.15) is 10.3 Å². The van der Waals surface area contributed by atoms with Crippen LogP contribution in [0.4, 0.5) is 5.82 Å². The number of hydrogen-bond acceptors (Lipinski definition) is 8. The number of pyridine rings is 2. The molecule has 0 aliphatic carbocycles. The van der Waals surface area contributed by atoms with Crippen LogP contribution in [-0.2, 0) is 24.8 Å². The third-order valence-corrected chi connectivity index (χ3v) is 7.50. The SMILES string of the molecule is COC(=O)c1ccccc1-c1cc2ccc(Cl)nc2n1S(C)(=O)=O.CS(=O)(=O)Nc1nc(Cl)ccc1I. The van der Waals surface area contributed by atoms with Crippen LogP contribution in [0.2, 0.25) is 10.3 Å². The predicted octanol–water partition coefficient (Wildman–Crippen LogP) is 4.66. The van der Waals surface area contributed by atoms with Crippen molar-refractivity contribution in [3.63, 3.8) is 0 Å². The third-order valence-electron chi connectivity index (χ3n) is 4.61. The minimum atomic E-state index is -3.69. The number of methoxy groups -OCH3 is 1. The lowest BCUT2D eigenvalue weighted by Gasteiger charge is -2.11. The lowest BCUT2D eigenvalue weighted by atomic mass is 10.0. The Kier molecular flexibility index (Phi) is 9.06. The quantitative estimate of drug-likeness (QED) is 0.181. The second kappa shape index (κ2) is 11.5. The summed E-state index contributed by atoms with van der Waals surface area (Å²) in [6.45, 7) is 0. The van der Waals surface area contributed by atoms with E-state index in [1.807, 2.05) is 22.6 Å². The van der Waals surface area contributed by atoms with E-state index in [4.69, 9.17) is 27.9 Å². The summed E-state index contributed by atoms with van der Waals surface area (Å²) in [6.07, 6.45) is 2.13. The normalized spacial score (nSPS) is 11.5. The fourth-order valence-electron chi connectivity index (χ4n) is 3.21. The van der Waals surface area contributed by atoms with Gasteiger partial charge >= 0.3 is 5.97 Å². The summed E-state index contributed by atoms with van der Waals surface area (Å²) in [5.41, 5.74) is 1.23. The van der Waals surface area contributed by atoms with Crippen molar-refractivity contribution in [3.8, 4) is 11.3 Å². The van der Waals surface area contributed by atoms with Crippen LogP contribution in [0.1, 0.15) is 10.4 Å². The number of hydrogen-bond donors (Lipinski definition) is 1. The molecule has 0 aliphatic rings. The molecule has 37 heavy (non-hydrogen) atoms. The first-order valence-electron chi connectivity index (χ1n) is 10.1. The number of nitrogens with one attached hydrogen (secondary N) is 1. The fourth-order valence-corrected chi connectivity index (χ4v) is 5.60. The summed E-state index contributed by atoms with van der Waals surface area (Å²) in [5, 5.41) is 1.03. The topological polar surface area (TPSA) is 137 Å². The van der Waals surface area contributed by atoms with Gasteiger partial charge in [0, 0.05) is 10.9 Å². The van der Waals surface area contributed by atoms with Gasteiger partial charge in [-0.25, -0.2) is 35.6 Å². The number of rotatable bonds is 5. The van der Waals surface area contributed by atoms with E-state index in [1.54, 1.807) is 54.6 Å². The second-order valence-electron chi connectivity index (χ2n) is 7.48. The van der Waals surface area contributed by atoms with Crippen molar-refractivity contribution >= 4 is 88.7 Å². The number of halogens is 3. The van der Waals surface area contributed by atoms with Crippen LogP contribution in [0.5, 0.6) is 0 Å². The van der Waals surface area contributed by atoms with Crippen LogP contribution < -0.4 is 4.72 Å². The van der Waals surface area contributed by atoms with Crippen molar-refractivity contribution in [2.24, 2.45) is 0 Å². The van der Waals surface area contributed by atoms with Crippen LogP contribution >= 0.6 is 45.8 Å². The average molecular weight is 697 g/mol. The van der Waals surface area contributed by atoms with Gasteiger partial charge in [0.25, 0.3) is 0 Å². The maximum atomic E-state index is 12.3. The summed E-state index contributed by atoms with van der Waals surface area (Å²) >= 11 is 13.5. The molecular weight excluding hydrogens is 678 g/mol. The molecule has 0 fully saturated rings. The highest BCUT2D eigenvalue weighted by atomic mass is 127. The molecule has 196 valence electrons. The number of carbonyl (C=O) groups excluding carboxylic acids is 1. The molecule has 4 aromatic rings. The number of fused-ring (bicyclic) bond motifs is 1. The largest absolute Gasteiger partial charge is 0.465 e. The van der Waals surface area contributed by atoms with E-state index in [0.29, 0.717) is 20.2 Å². The molecule has 3 aromatic heterocycles. The number of aromatic nitrogens is 3. The summed E-state index contributed by atoms with van der Waals surface area (Å²) in [7, 11) is -5.71. The Bertz CT molecular complexity index is 1710. The summed E-state index contributed by atoms with van der Waals surface area (Å²) in [6, 6.07) is 14.8. The van der Waals surface area contributed by atoms with E-state index in [-0.39, 0.29) is 27.3 Å². The van der Waals surface area contributed by atoms with Crippen LogP contribution in [0, 0.1) is 3.57 Å². The summed E-state index contributed by atoms with van der Waals surface area (Å²) in [5.74, 6) is -0.294. The lowest BCUT2D eigenvalue weighted by Crippen LogP contribution is -2.13. The Hall–Kier alpha value is -2.46. The number of carbonyl (C=O) groups is 1. The number of sulfonamides is 1. The van der Waals surface area contributed by atoms with Crippen molar-refractivity contribution in [3.05, 3.63) is 74.0 Å². The molecule has 0 amide bonds. The number of nitrogens with zero attached hydrogens (tertiary/aromatic N) is 3. The molecule has 0 aliphatic heterocycles. The molecule has 0 radical (unpaired) electrons. The van der Waals surface area contributed by atoms with Crippen molar-refractivity contribution in [2.45, 2.75) is 0 Å². The minimum Gasteiger partial charge on any atom is -0.465 e. The van der Waals surface area contributed by atoms with Gasteiger partial charge in [0.2, 0.25) is 20.0 Å². The van der Waals surface area contributed by atoms with Crippen LogP contribution in [-0.4, -0.2) is 56.4 Å². The zero-order valence-corrected chi connectivity index (χ0v) is 24.7. The van der Waals surface area contributed by atoms with Crippen LogP contribution in [0.25, 0.3) is 22.3 Å². The average Bonchev–Trinajstić information content (AvgIpc) is 3.19. The molecule has 0 spiro atoms. The van der Waals surface area contributed by atoms with E-state index in [1.165, 1.54) is 7.11 Å². The second-order valence-corrected chi connectivity index (χ2v) is 13.0. The molecular formula is C22H19Cl2IN4O6S2. The van der Waals surface area contributed by atoms with E-state index in [9.17, 15) is 21.6 Å². The molecule has 0 saturated carbocycles. The molecule has 1 aromatic carbocycles. The number of anilines is 1. The Morgan fingerprint density at radius 3 is 2.22 bits per heavy atom. The zero-order valence-electron chi connectivity index (χ0n) is 19.4. The molecule has 15 heteroatoms. The highest BCUT2D eigenvalue weighted by Gasteiger charge is 2.23. The van der Waals surface area contributed by atoms with Crippen LogP contribution in [0.15, 0.2) is 54.6 Å². The molecule has 4 rings (SSSR count). The third kappa shape index (κ3) is 7.31. The first-order chi connectivity index (χ1) is 17.2. The molecule has 10 nitrogen and oxygen atoms in total. The standard InChI is InChI=1S/C16H13ClN2O4S.C6H6ClIN2O2S/c1-23-16(20)12-6-4-3-5-11(12)13-9-10-7-8-14(17)18-15(10)19(13)24(2,21)22;1-13(11,12)10-6-4(8)2-3-5(7)9-6/h3-9H,1-2H3;2-3H,1H3,(H,9,10). The van der Waals surface area contributed by atoms with Gasteiger partial charge in [0.05, 0.1) is 34.4 Å². The first kappa shape index (κ1) is 29.1. The maximum absolute atomic E-state index is 12.3. The minimum absolute atomic E-state index is 0.179. The highest BCUT2D eigenvalue weighted by molar-refractivity contribution is 14.1. The Balaban J connectivity index is 0.000000248. The molecule has 0 saturated heterocycles. The van der Waals surface area contributed by atoms with Gasteiger partial charge in [-0.05, 0) is 59.0 Å². The fraction of sp³-hybridized carbons (Fsp3) is 0.136. The Morgan fingerprint density at radius 1 is 0.973 bits per heavy atom. The molecule has 0 unspecified atom stereocenters.